The number of nitrogens with one attached hydrogen (secondary N) is 1. The van der Waals surface area contributed by atoms with Crippen LogP contribution < -0.4 is 10.5 Å². The third kappa shape index (κ3) is 5.81. The maximum atomic E-state index is 11.8. The Labute approximate surface area is 104 Å². The molecule has 17 heavy (non-hydrogen) atoms. The van der Waals surface area contributed by atoms with Crippen LogP contribution >= 0.6 is 0 Å². The highest BCUT2D eigenvalue weighted by molar-refractivity contribution is 7.89. The third-order valence-corrected chi connectivity index (χ3v) is 4.47. The van der Waals surface area contributed by atoms with Gasteiger partial charge in [0.1, 0.15) is 0 Å². The molecule has 0 aromatic rings. The van der Waals surface area contributed by atoms with Gasteiger partial charge in [-0.2, -0.15) is 0 Å². The van der Waals surface area contributed by atoms with E-state index in [1.54, 1.807) is 0 Å². The van der Waals surface area contributed by atoms with Crippen LogP contribution in [0, 0.1) is 0 Å². The van der Waals surface area contributed by atoms with Crippen molar-refractivity contribution in [3.05, 3.63) is 0 Å². The minimum Gasteiger partial charge on any atom is -0.381 e. The van der Waals surface area contributed by atoms with E-state index < -0.39 is 10.0 Å². The van der Waals surface area contributed by atoms with Gasteiger partial charge in [0.25, 0.3) is 0 Å². The van der Waals surface area contributed by atoms with Crippen molar-refractivity contribution >= 4 is 10.0 Å². The molecule has 0 bridgehead atoms. The predicted octanol–water partition coefficient (Wildman–Crippen LogP) is 0.602. The number of hydrogen-bond acceptors (Lipinski definition) is 4. The highest BCUT2D eigenvalue weighted by atomic mass is 32.2. The Bertz CT molecular complexity index is 306. The first-order chi connectivity index (χ1) is 8.05. The molecule has 3 N–H and O–H groups in total. The summed E-state index contributed by atoms with van der Waals surface area (Å²) in [5.41, 5.74) is 5.98. The minimum atomic E-state index is -3.26. The molecular weight excluding hydrogens is 240 g/mol. The maximum absolute atomic E-state index is 11.8. The van der Waals surface area contributed by atoms with E-state index in [2.05, 4.69) is 4.72 Å². The smallest absolute Gasteiger partial charge is 0.214 e. The van der Waals surface area contributed by atoms with Gasteiger partial charge in [-0.25, -0.2) is 13.1 Å². The van der Waals surface area contributed by atoms with E-state index in [0.29, 0.717) is 6.61 Å². The van der Waals surface area contributed by atoms with Crippen LogP contribution in [0.4, 0.5) is 0 Å². The van der Waals surface area contributed by atoms with Crippen molar-refractivity contribution in [1.82, 2.24) is 4.72 Å². The van der Waals surface area contributed by atoms with Gasteiger partial charge in [0.15, 0.2) is 0 Å². The minimum absolute atomic E-state index is 0.0179. The molecule has 0 spiro atoms. The first-order valence-corrected chi connectivity index (χ1v) is 8.03. The zero-order valence-corrected chi connectivity index (χ0v) is 11.3. The van der Waals surface area contributed by atoms with Crippen molar-refractivity contribution in [2.75, 3.05) is 19.0 Å². The van der Waals surface area contributed by atoms with E-state index in [1.165, 1.54) is 0 Å². The van der Waals surface area contributed by atoms with Gasteiger partial charge in [0.05, 0.1) is 12.4 Å². The Morgan fingerprint density at radius 1 is 1.29 bits per heavy atom. The maximum Gasteiger partial charge on any atom is 0.214 e. The van der Waals surface area contributed by atoms with Crippen molar-refractivity contribution in [2.24, 2.45) is 5.73 Å². The van der Waals surface area contributed by atoms with E-state index >= 15 is 0 Å². The van der Waals surface area contributed by atoms with Crippen LogP contribution in [0.5, 0.6) is 0 Å². The Morgan fingerprint density at radius 3 is 2.71 bits per heavy atom. The van der Waals surface area contributed by atoms with Crippen molar-refractivity contribution in [3.63, 3.8) is 0 Å². The second-order valence-corrected chi connectivity index (χ2v) is 6.42. The molecular formula is C11H24N2O3S. The van der Waals surface area contributed by atoms with Gasteiger partial charge >= 0.3 is 0 Å². The second kappa shape index (κ2) is 7.31. The lowest BCUT2D eigenvalue weighted by Gasteiger charge is -2.22. The summed E-state index contributed by atoms with van der Waals surface area (Å²) in [5, 5.41) is 0. The van der Waals surface area contributed by atoms with Gasteiger partial charge in [0, 0.05) is 18.7 Å². The molecule has 0 saturated heterocycles. The van der Waals surface area contributed by atoms with Crippen LogP contribution in [-0.4, -0.2) is 39.5 Å². The molecule has 1 aliphatic rings. The first-order valence-electron chi connectivity index (χ1n) is 6.38. The van der Waals surface area contributed by atoms with Crippen LogP contribution in [0.2, 0.25) is 0 Å². The van der Waals surface area contributed by atoms with Crippen LogP contribution in [0.15, 0.2) is 0 Å². The molecule has 6 heteroatoms. The quantitative estimate of drug-likeness (QED) is 0.544. The summed E-state index contributed by atoms with van der Waals surface area (Å²) >= 11 is 0. The number of rotatable bonds is 6. The van der Waals surface area contributed by atoms with Crippen molar-refractivity contribution in [3.8, 4) is 0 Å². The van der Waals surface area contributed by atoms with E-state index in [4.69, 9.17) is 10.5 Å². The van der Waals surface area contributed by atoms with Gasteiger partial charge in [-0.1, -0.05) is 19.3 Å². The molecule has 1 rings (SSSR count). The Hall–Kier alpha value is -0.170. The molecule has 2 atom stereocenters. The standard InChI is InChI=1S/C11H24N2O3S/c1-2-16-8-9-17(14,15)13-11-7-5-3-4-6-10(11)12/h10-11,13H,2-9,12H2,1H3. The van der Waals surface area contributed by atoms with Crippen molar-refractivity contribution in [1.29, 1.82) is 0 Å². The molecule has 1 aliphatic carbocycles. The summed E-state index contributed by atoms with van der Waals surface area (Å²) in [6.07, 6.45) is 5.03. The van der Waals surface area contributed by atoms with Crippen LogP contribution in [0.3, 0.4) is 0 Å². The summed E-state index contributed by atoms with van der Waals surface area (Å²) in [6.45, 7) is 2.63. The van der Waals surface area contributed by atoms with E-state index in [0.717, 1.165) is 32.1 Å². The van der Waals surface area contributed by atoms with Crippen molar-refractivity contribution in [2.45, 2.75) is 51.1 Å². The lowest BCUT2D eigenvalue weighted by Crippen LogP contribution is -2.47. The lowest BCUT2D eigenvalue weighted by molar-refractivity contribution is 0.163. The van der Waals surface area contributed by atoms with Crippen LogP contribution in [0.1, 0.15) is 39.0 Å². The zero-order valence-electron chi connectivity index (χ0n) is 10.5. The summed E-state index contributed by atoms with van der Waals surface area (Å²) in [6, 6.07) is -0.163. The molecule has 1 saturated carbocycles. The first kappa shape index (κ1) is 14.9. The number of hydrogen-bond donors (Lipinski definition) is 2. The Kier molecular flexibility index (Phi) is 6.40. The SMILES string of the molecule is CCOCCS(=O)(=O)NC1CCCCCC1N. The molecule has 0 radical (unpaired) electrons. The number of nitrogens with two attached hydrogens (primary N) is 1. The Balaban J connectivity index is 2.44. The Morgan fingerprint density at radius 2 is 2.00 bits per heavy atom. The fraction of sp³-hybridized carbons (Fsp3) is 1.00. The molecule has 0 aromatic heterocycles. The highest BCUT2D eigenvalue weighted by Gasteiger charge is 2.24. The molecule has 0 amide bonds. The molecule has 2 unspecified atom stereocenters. The average molecular weight is 264 g/mol. The average Bonchev–Trinajstić information content (AvgIpc) is 2.44. The summed E-state index contributed by atoms with van der Waals surface area (Å²) in [4.78, 5) is 0. The monoisotopic (exact) mass is 264 g/mol. The zero-order chi connectivity index (χ0) is 12.7. The van der Waals surface area contributed by atoms with Gasteiger partial charge < -0.3 is 10.5 Å². The van der Waals surface area contributed by atoms with Crippen LogP contribution in [-0.2, 0) is 14.8 Å². The van der Waals surface area contributed by atoms with E-state index in [-0.39, 0.29) is 24.4 Å². The summed E-state index contributed by atoms with van der Waals surface area (Å²) in [7, 11) is -3.26. The molecule has 0 aliphatic heterocycles. The molecule has 0 aromatic carbocycles. The van der Waals surface area contributed by atoms with E-state index in [9.17, 15) is 8.42 Å². The molecule has 102 valence electrons. The van der Waals surface area contributed by atoms with Gasteiger partial charge in [-0.15, -0.1) is 0 Å². The molecule has 0 heterocycles. The van der Waals surface area contributed by atoms with Gasteiger partial charge in [-0.05, 0) is 19.8 Å². The number of sulfonamides is 1. The largest absolute Gasteiger partial charge is 0.381 e. The lowest BCUT2D eigenvalue weighted by atomic mass is 10.1. The molecule has 5 nitrogen and oxygen atoms in total. The molecule has 1 fully saturated rings. The van der Waals surface area contributed by atoms with Crippen molar-refractivity contribution < 1.29 is 13.2 Å². The van der Waals surface area contributed by atoms with Crippen LogP contribution in [0.25, 0.3) is 0 Å². The summed E-state index contributed by atoms with van der Waals surface area (Å²) in [5.74, 6) is 0.0179. The fourth-order valence-corrected chi connectivity index (χ4v) is 3.29. The fourth-order valence-electron chi connectivity index (χ4n) is 2.09. The van der Waals surface area contributed by atoms with Gasteiger partial charge in [-0.3, -0.25) is 0 Å². The third-order valence-electron chi connectivity index (χ3n) is 3.10. The topological polar surface area (TPSA) is 81.4 Å². The van der Waals surface area contributed by atoms with Gasteiger partial charge in [0.2, 0.25) is 10.0 Å². The number of ether oxygens (including phenoxy) is 1. The van der Waals surface area contributed by atoms with E-state index in [1.807, 2.05) is 6.92 Å². The normalized spacial score (nSPS) is 26.7. The summed E-state index contributed by atoms with van der Waals surface area (Å²) < 4.78 is 31.3. The highest BCUT2D eigenvalue weighted by Crippen LogP contribution is 2.17. The predicted molar refractivity (Wildman–Crippen MR) is 68.3 cm³/mol. The second-order valence-electron chi connectivity index (χ2n) is 4.54.